The van der Waals surface area contributed by atoms with E-state index in [4.69, 9.17) is 5.11 Å². The van der Waals surface area contributed by atoms with E-state index < -0.39 is 18.7 Å². The number of carboxylic acid groups (broad SMARTS) is 1. The number of hydrogen-bond donors (Lipinski definition) is 2. The molecule has 0 unspecified atom stereocenters. The summed E-state index contributed by atoms with van der Waals surface area (Å²) in [4.78, 5) is 9.86. The van der Waals surface area contributed by atoms with Crippen molar-refractivity contribution in [1.29, 1.82) is 0 Å². The van der Waals surface area contributed by atoms with Gasteiger partial charge in [0.25, 0.3) is 0 Å². The summed E-state index contributed by atoms with van der Waals surface area (Å²) in [5, 5.41) is 10.3. The minimum atomic E-state index is -1.16. The van der Waals surface area contributed by atoms with Crippen LogP contribution in [0, 0.1) is 0 Å². The number of likely N-dealkylation sites (N-methyl/N-ethyl adjacent to an activating group) is 1. The number of aliphatic carboxylic acids is 1. The lowest BCUT2D eigenvalue weighted by Gasteiger charge is -2.02. The Bertz CT molecular complexity index is 82.1. The summed E-state index contributed by atoms with van der Waals surface area (Å²) >= 11 is 0. The van der Waals surface area contributed by atoms with Gasteiger partial charge in [-0.25, -0.2) is 4.39 Å². The lowest BCUT2D eigenvalue weighted by Crippen LogP contribution is -2.35. The van der Waals surface area contributed by atoms with Crippen LogP contribution in [-0.4, -0.2) is 30.8 Å². The molecule has 0 bridgehead atoms. The van der Waals surface area contributed by atoms with Crippen molar-refractivity contribution in [3.63, 3.8) is 0 Å². The van der Waals surface area contributed by atoms with Gasteiger partial charge in [0.1, 0.15) is 12.7 Å². The number of nitrogens with one attached hydrogen (secondary N) is 1. The largest absolute Gasteiger partial charge is 0.480 e. The summed E-state index contributed by atoms with van der Waals surface area (Å²) in [6.07, 6.45) is 0. The third kappa shape index (κ3) is 1.88. The van der Waals surface area contributed by atoms with Gasteiger partial charge in [0.05, 0.1) is 0 Å². The average molecular weight is 121 g/mol. The molecule has 3 nitrogen and oxygen atoms in total. The summed E-state index contributed by atoms with van der Waals surface area (Å²) in [5.74, 6) is -1.16. The Morgan fingerprint density at radius 2 is 2.50 bits per heavy atom. The summed E-state index contributed by atoms with van der Waals surface area (Å²) < 4.78 is 11.5. The fourth-order valence-electron chi connectivity index (χ4n) is 0.267. The zero-order valence-corrected chi connectivity index (χ0v) is 4.52. The molecule has 0 spiro atoms. The molecule has 0 aliphatic rings. The number of carboxylic acids is 1. The van der Waals surface area contributed by atoms with Gasteiger partial charge in [0.15, 0.2) is 0 Å². The molecule has 0 aliphatic heterocycles. The van der Waals surface area contributed by atoms with Crippen molar-refractivity contribution in [1.82, 2.24) is 5.32 Å². The molecular formula is C4H8FNO2. The Hall–Kier alpha value is -0.640. The molecule has 0 saturated carbocycles. The van der Waals surface area contributed by atoms with E-state index in [1.807, 2.05) is 0 Å². The van der Waals surface area contributed by atoms with Gasteiger partial charge in [-0.05, 0) is 7.05 Å². The third-order valence-corrected chi connectivity index (χ3v) is 0.801. The highest BCUT2D eigenvalue weighted by atomic mass is 19.1. The zero-order chi connectivity index (χ0) is 6.57. The van der Waals surface area contributed by atoms with Crippen LogP contribution >= 0.6 is 0 Å². The van der Waals surface area contributed by atoms with Crippen LogP contribution in [0.4, 0.5) is 4.39 Å². The van der Waals surface area contributed by atoms with Crippen molar-refractivity contribution in [2.24, 2.45) is 0 Å². The molecule has 4 heteroatoms. The normalized spacial score (nSPS) is 13.2. The molecule has 8 heavy (non-hydrogen) atoms. The van der Waals surface area contributed by atoms with Crippen LogP contribution in [0.15, 0.2) is 0 Å². The molecule has 48 valence electrons. The summed E-state index contributed by atoms with van der Waals surface area (Å²) in [6, 6.07) is -1.05. The molecule has 0 rings (SSSR count). The Morgan fingerprint density at radius 1 is 2.00 bits per heavy atom. The van der Waals surface area contributed by atoms with Gasteiger partial charge in [-0.2, -0.15) is 0 Å². The van der Waals surface area contributed by atoms with Gasteiger partial charge < -0.3 is 10.4 Å². The Morgan fingerprint density at radius 3 is 2.50 bits per heavy atom. The fourth-order valence-corrected chi connectivity index (χ4v) is 0.267. The predicted octanol–water partition coefficient (Wildman–Crippen LogP) is -0.372. The van der Waals surface area contributed by atoms with E-state index in [2.05, 4.69) is 5.32 Å². The molecule has 2 N–H and O–H groups in total. The third-order valence-electron chi connectivity index (χ3n) is 0.801. The second-order valence-electron chi connectivity index (χ2n) is 1.33. The summed E-state index contributed by atoms with van der Waals surface area (Å²) in [7, 11) is 1.40. The van der Waals surface area contributed by atoms with Crippen molar-refractivity contribution < 1.29 is 14.3 Å². The summed E-state index contributed by atoms with van der Waals surface area (Å²) in [5.41, 5.74) is 0. The standard InChI is InChI=1S/C4H8FNO2/c1-6-3(2-5)4(7)8/h3,6H,2H2,1H3,(H,7,8)/t3-/m1/s1. The van der Waals surface area contributed by atoms with Crippen molar-refractivity contribution in [2.45, 2.75) is 6.04 Å². The molecule has 0 radical (unpaired) electrons. The number of carbonyl (C=O) groups is 1. The monoisotopic (exact) mass is 121 g/mol. The van der Waals surface area contributed by atoms with Crippen molar-refractivity contribution in [3.05, 3.63) is 0 Å². The number of rotatable bonds is 3. The highest BCUT2D eigenvalue weighted by molar-refractivity contribution is 5.73. The van der Waals surface area contributed by atoms with E-state index in [9.17, 15) is 9.18 Å². The molecule has 0 aromatic heterocycles. The highest BCUT2D eigenvalue weighted by Crippen LogP contribution is 1.81. The Balaban J connectivity index is 3.52. The van der Waals surface area contributed by atoms with Crippen LogP contribution in [0.5, 0.6) is 0 Å². The fraction of sp³-hybridized carbons (Fsp3) is 0.750. The van der Waals surface area contributed by atoms with Gasteiger partial charge in [-0.15, -0.1) is 0 Å². The number of hydrogen-bond acceptors (Lipinski definition) is 2. The van der Waals surface area contributed by atoms with Gasteiger partial charge in [-0.3, -0.25) is 4.79 Å². The summed E-state index contributed by atoms with van der Waals surface area (Å²) in [6.45, 7) is -0.869. The maximum atomic E-state index is 11.5. The van der Waals surface area contributed by atoms with Crippen molar-refractivity contribution in [3.8, 4) is 0 Å². The molecule has 0 fully saturated rings. The first-order chi connectivity index (χ1) is 3.72. The van der Waals surface area contributed by atoms with Gasteiger partial charge in [0, 0.05) is 0 Å². The SMILES string of the molecule is CN[C@H](CF)C(=O)O. The van der Waals surface area contributed by atoms with Crippen LogP contribution in [0.1, 0.15) is 0 Å². The maximum Gasteiger partial charge on any atom is 0.323 e. The second kappa shape index (κ2) is 3.37. The van der Waals surface area contributed by atoms with Gasteiger partial charge in [0.2, 0.25) is 0 Å². The molecule has 1 atom stereocenters. The predicted molar refractivity (Wildman–Crippen MR) is 26.5 cm³/mol. The smallest absolute Gasteiger partial charge is 0.323 e. The van der Waals surface area contributed by atoms with E-state index in [1.165, 1.54) is 7.05 Å². The lowest BCUT2D eigenvalue weighted by molar-refractivity contribution is -0.139. The van der Waals surface area contributed by atoms with Crippen molar-refractivity contribution in [2.75, 3.05) is 13.7 Å². The van der Waals surface area contributed by atoms with Gasteiger partial charge in [-0.1, -0.05) is 0 Å². The topological polar surface area (TPSA) is 49.3 Å². The minimum absolute atomic E-state index is 0.869. The molecule has 0 heterocycles. The number of alkyl halides is 1. The van der Waals surface area contributed by atoms with Crippen LogP contribution in [0.25, 0.3) is 0 Å². The van der Waals surface area contributed by atoms with Crippen molar-refractivity contribution >= 4 is 5.97 Å². The van der Waals surface area contributed by atoms with Crippen LogP contribution in [0.2, 0.25) is 0 Å². The number of halogens is 1. The second-order valence-corrected chi connectivity index (χ2v) is 1.33. The van der Waals surface area contributed by atoms with Crippen LogP contribution in [0.3, 0.4) is 0 Å². The zero-order valence-electron chi connectivity index (χ0n) is 4.52. The first-order valence-electron chi connectivity index (χ1n) is 2.18. The average Bonchev–Trinajstić information content (AvgIpc) is 1.69. The molecule has 0 aromatic carbocycles. The first kappa shape index (κ1) is 7.36. The van der Waals surface area contributed by atoms with E-state index in [-0.39, 0.29) is 0 Å². The van der Waals surface area contributed by atoms with E-state index in [1.54, 1.807) is 0 Å². The molecule has 0 amide bonds. The van der Waals surface area contributed by atoms with Crippen LogP contribution in [-0.2, 0) is 4.79 Å². The molecule has 0 saturated heterocycles. The van der Waals surface area contributed by atoms with E-state index in [0.29, 0.717) is 0 Å². The molecular weight excluding hydrogens is 113 g/mol. The highest BCUT2D eigenvalue weighted by Gasteiger charge is 2.12. The minimum Gasteiger partial charge on any atom is -0.480 e. The van der Waals surface area contributed by atoms with E-state index in [0.717, 1.165) is 0 Å². The lowest BCUT2D eigenvalue weighted by atomic mass is 10.3. The molecule has 0 aliphatic carbocycles. The maximum absolute atomic E-state index is 11.5. The Kier molecular flexibility index (Phi) is 3.10. The molecule has 0 aromatic rings. The van der Waals surface area contributed by atoms with Gasteiger partial charge >= 0.3 is 5.97 Å². The first-order valence-corrected chi connectivity index (χ1v) is 2.18. The Labute approximate surface area is 46.5 Å². The van der Waals surface area contributed by atoms with Crippen LogP contribution < -0.4 is 5.32 Å². The van der Waals surface area contributed by atoms with E-state index >= 15 is 0 Å². The quantitative estimate of drug-likeness (QED) is 0.535.